The van der Waals surface area contributed by atoms with Crippen LogP contribution in [0, 0.1) is 5.82 Å². The van der Waals surface area contributed by atoms with Gasteiger partial charge in [0.15, 0.2) is 5.82 Å². The molecule has 2 aromatic heterocycles. The van der Waals surface area contributed by atoms with Gasteiger partial charge in [0.1, 0.15) is 0 Å². The smallest absolute Gasteiger partial charge is 0.250 e. The molecule has 0 unspecified atom stereocenters. The summed E-state index contributed by atoms with van der Waals surface area (Å²) in [4.78, 5) is 24.4. The van der Waals surface area contributed by atoms with Gasteiger partial charge >= 0.3 is 0 Å². The zero-order valence-corrected chi connectivity index (χ0v) is 19.9. The van der Waals surface area contributed by atoms with Crippen LogP contribution in [0.4, 0.5) is 27.9 Å². The van der Waals surface area contributed by atoms with Crippen molar-refractivity contribution in [1.29, 1.82) is 0 Å². The largest absolute Gasteiger partial charge is 0.479 e. The Morgan fingerprint density at radius 3 is 2.30 bits per heavy atom. The Hall–Kier alpha value is -2.75. The predicted octanol–water partition coefficient (Wildman–Crippen LogP) is 3.39. The van der Waals surface area contributed by atoms with Crippen LogP contribution in [0.1, 0.15) is 51.4 Å². The summed E-state index contributed by atoms with van der Waals surface area (Å²) in [5.74, 6) is 0.607. The Labute approximate surface area is 195 Å². The van der Waals surface area contributed by atoms with E-state index in [2.05, 4.69) is 31.8 Å². The first-order valence-electron chi connectivity index (χ1n) is 11.9. The van der Waals surface area contributed by atoms with Crippen LogP contribution in [-0.4, -0.2) is 71.2 Å². The lowest BCUT2D eigenvalue weighted by Gasteiger charge is -2.36. The van der Waals surface area contributed by atoms with Gasteiger partial charge in [-0.2, -0.15) is 15.0 Å². The lowest BCUT2D eigenvalue weighted by molar-refractivity contribution is 0.252. The maximum atomic E-state index is 14.6. The molecular weight excluding hydrogens is 423 g/mol. The average Bonchev–Trinajstić information content (AvgIpc) is 3.08. The summed E-state index contributed by atoms with van der Waals surface area (Å²) in [7, 11) is 5.56. The molecule has 0 amide bonds. The monoisotopic (exact) mass is 458 g/mol. The second kappa shape index (κ2) is 10.5. The van der Waals surface area contributed by atoms with Gasteiger partial charge in [-0.1, -0.05) is 25.7 Å². The Bertz CT molecular complexity index is 929. The number of hydrogen-bond acceptors (Lipinski definition) is 9. The molecule has 0 radical (unpaired) electrons. The fourth-order valence-corrected chi connectivity index (χ4v) is 4.88. The first-order valence-corrected chi connectivity index (χ1v) is 11.9. The minimum absolute atomic E-state index is 0.0302. The molecule has 1 saturated carbocycles. The summed E-state index contributed by atoms with van der Waals surface area (Å²) in [6.07, 6.45) is 10.2. The van der Waals surface area contributed by atoms with Gasteiger partial charge in [0, 0.05) is 25.2 Å². The maximum Gasteiger partial charge on any atom is 0.250 e. The summed E-state index contributed by atoms with van der Waals surface area (Å²) in [5.41, 5.74) is 6.76. The highest BCUT2D eigenvalue weighted by atomic mass is 19.1. The molecule has 2 aliphatic rings. The van der Waals surface area contributed by atoms with Crippen molar-refractivity contribution in [3.63, 3.8) is 0 Å². The molecule has 9 nitrogen and oxygen atoms in total. The maximum absolute atomic E-state index is 14.6. The van der Waals surface area contributed by atoms with Crippen LogP contribution >= 0.6 is 0 Å². The van der Waals surface area contributed by atoms with E-state index in [1.165, 1.54) is 26.0 Å². The molecule has 33 heavy (non-hydrogen) atoms. The SMILES string of the molecule is COc1ncc(N(c2nc(N)nc(N(C)C3CCN(C)CC3)n2)C2CCCCCC2)cc1F. The highest BCUT2D eigenvalue weighted by Gasteiger charge is 2.28. The van der Waals surface area contributed by atoms with Crippen molar-refractivity contribution in [2.75, 3.05) is 49.8 Å². The minimum Gasteiger partial charge on any atom is -0.479 e. The normalized spacial score (nSPS) is 18.7. The zero-order chi connectivity index (χ0) is 23.4. The highest BCUT2D eigenvalue weighted by molar-refractivity contribution is 5.60. The van der Waals surface area contributed by atoms with Crippen molar-refractivity contribution in [2.45, 2.75) is 63.5 Å². The predicted molar refractivity (Wildman–Crippen MR) is 128 cm³/mol. The summed E-state index contributed by atoms with van der Waals surface area (Å²) < 4.78 is 19.7. The lowest BCUT2D eigenvalue weighted by Crippen LogP contribution is -2.43. The molecule has 0 spiro atoms. The molecule has 0 atom stereocenters. The van der Waals surface area contributed by atoms with E-state index in [0.29, 0.717) is 23.6 Å². The molecule has 1 aliphatic carbocycles. The summed E-state index contributed by atoms with van der Waals surface area (Å²) in [5, 5.41) is 0. The average molecular weight is 459 g/mol. The highest BCUT2D eigenvalue weighted by Crippen LogP contribution is 2.34. The number of halogens is 1. The van der Waals surface area contributed by atoms with Gasteiger partial charge in [-0.05, 0) is 45.8 Å². The molecular formula is C23H35FN8O. The number of hydrogen-bond donors (Lipinski definition) is 1. The Morgan fingerprint density at radius 1 is 1.00 bits per heavy atom. The van der Waals surface area contributed by atoms with Crippen molar-refractivity contribution in [3.8, 4) is 5.88 Å². The third-order valence-corrected chi connectivity index (χ3v) is 6.85. The molecule has 1 saturated heterocycles. The molecule has 2 aromatic rings. The van der Waals surface area contributed by atoms with E-state index in [-0.39, 0.29) is 17.9 Å². The number of nitrogen functional groups attached to an aromatic ring is 1. The molecule has 2 N–H and O–H groups in total. The Kier molecular flexibility index (Phi) is 7.42. The number of pyridine rings is 1. The number of anilines is 4. The minimum atomic E-state index is -0.515. The zero-order valence-electron chi connectivity index (χ0n) is 19.9. The third-order valence-electron chi connectivity index (χ3n) is 6.85. The third kappa shape index (κ3) is 5.43. The Balaban J connectivity index is 1.71. The number of likely N-dealkylation sites (tertiary alicyclic amines) is 1. The summed E-state index contributed by atoms with van der Waals surface area (Å²) in [6.45, 7) is 2.07. The van der Waals surface area contributed by atoms with Crippen LogP contribution in [0.5, 0.6) is 5.88 Å². The Morgan fingerprint density at radius 2 is 1.67 bits per heavy atom. The molecule has 180 valence electrons. The second-order valence-electron chi connectivity index (χ2n) is 9.14. The molecule has 1 aliphatic heterocycles. The van der Waals surface area contributed by atoms with Crippen LogP contribution in [0.2, 0.25) is 0 Å². The van der Waals surface area contributed by atoms with Crippen molar-refractivity contribution in [3.05, 3.63) is 18.1 Å². The van der Waals surface area contributed by atoms with Crippen LogP contribution < -0.4 is 20.3 Å². The van der Waals surface area contributed by atoms with Gasteiger partial charge < -0.3 is 25.2 Å². The molecule has 0 aromatic carbocycles. The van der Waals surface area contributed by atoms with E-state index in [9.17, 15) is 4.39 Å². The van der Waals surface area contributed by atoms with Gasteiger partial charge in [0.05, 0.1) is 19.0 Å². The van der Waals surface area contributed by atoms with Crippen molar-refractivity contribution in [2.24, 2.45) is 0 Å². The van der Waals surface area contributed by atoms with Crippen LogP contribution in [0.3, 0.4) is 0 Å². The van der Waals surface area contributed by atoms with Gasteiger partial charge in [0.2, 0.25) is 23.7 Å². The second-order valence-corrected chi connectivity index (χ2v) is 9.14. The molecule has 3 heterocycles. The number of nitrogens with zero attached hydrogens (tertiary/aromatic N) is 7. The van der Waals surface area contributed by atoms with Crippen molar-refractivity contribution >= 4 is 23.5 Å². The van der Waals surface area contributed by atoms with Gasteiger partial charge in [-0.15, -0.1) is 0 Å². The van der Waals surface area contributed by atoms with E-state index in [4.69, 9.17) is 15.5 Å². The van der Waals surface area contributed by atoms with Gasteiger partial charge in [-0.25, -0.2) is 9.37 Å². The fraction of sp³-hybridized carbons (Fsp3) is 0.652. The first kappa shape index (κ1) is 23.4. The van der Waals surface area contributed by atoms with Crippen LogP contribution in [0.15, 0.2) is 12.3 Å². The van der Waals surface area contributed by atoms with Crippen molar-refractivity contribution in [1.82, 2.24) is 24.8 Å². The number of piperidine rings is 1. The fourth-order valence-electron chi connectivity index (χ4n) is 4.88. The van der Waals surface area contributed by atoms with E-state index in [0.717, 1.165) is 51.6 Å². The molecule has 10 heteroatoms. The van der Waals surface area contributed by atoms with E-state index >= 15 is 0 Å². The first-order chi connectivity index (χ1) is 16.0. The van der Waals surface area contributed by atoms with Crippen LogP contribution in [-0.2, 0) is 0 Å². The molecule has 4 rings (SSSR count). The number of nitrogens with two attached hydrogens (primary N) is 1. The standard InChI is InChI=1S/C23H35FN8O/c1-30-12-10-16(11-13-30)31(2)22-27-21(25)28-23(29-22)32(17-8-6-4-5-7-9-17)18-14-19(24)20(33-3)26-15-18/h14-17H,4-13H2,1-3H3,(H2,25,27,28,29). The van der Waals surface area contributed by atoms with Gasteiger partial charge in [-0.3, -0.25) is 0 Å². The number of aromatic nitrogens is 4. The summed E-state index contributed by atoms with van der Waals surface area (Å²) in [6, 6.07) is 1.91. The quantitative estimate of drug-likeness (QED) is 0.653. The number of ether oxygens (including phenoxy) is 1. The molecule has 2 fully saturated rings. The number of methoxy groups -OCH3 is 1. The summed E-state index contributed by atoms with van der Waals surface area (Å²) >= 11 is 0. The lowest BCUT2D eigenvalue weighted by atomic mass is 10.0. The van der Waals surface area contributed by atoms with E-state index in [1.807, 2.05) is 11.9 Å². The number of rotatable bonds is 6. The van der Waals surface area contributed by atoms with E-state index < -0.39 is 5.82 Å². The molecule has 0 bridgehead atoms. The van der Waals surface area contributed by atoms with Gasteiger partial charge in [0.25, 0.3) is 0 Å². The van der Waals surface area contributed by atoms with Crippen molar-refractivity contribution < 1.29 is 9.13 Å². The topological polar surface area (TPSA) is 96.5 Å². The van der Waals surface area contributed by atoms with Crippen LogP contribution in [0.25, 0.3) is 0 Å². The van der Waals surface area contributed by atoms with E-state index in [1.54, 1.807) is 6.20 Å².